The topological polar surface area (TPSA) is 60.9 Å². The number of likely N-dealkylation sites (N-methyl/N-ethyl adjacent to an activating group) is 2. The van der Waals surface area contributed by atoms with Gasteiger partial charge in [-0.05, 0) is 17.7 Å². The predicted octanol–water partition coefficient (Wildman–Crippen LogP) is 1.96. The van der Waals surface area contributed by atoms with Crippen molar-refractivity contribution in [2.24, 2.45) is 0 Å². The molecule has 1 aromatic rings. The molecule has 5 nitrogen and oxygen atoms in total. The summed E-state index contributed by atoms with van der Waals surface area (Å²) in [5.41, 5.74) is 1.27. The lowest BCUT2D eigenvalue weighted by Gasteiger charge is -2.23. The summed E-state index contributed by atoms with van der Waals surface area (Å²) in [7, 11) is 5.09. The Morgan fingerprint density at radius 3 is 2.50 bits per heavy atom. The minimum Gasteiger partial charge on any atom is -0.478 e. The van der Waals surface area contributed by atoms with E-state index in [2.05, 4.69) is 0 Å². The first kappa shape index (κ1) is 16.0. The molecule has 0 bridgehead atoms. The van der Waals surface area contributed by atoms with Crippen LogP contribution in [0.25, 0.3) is 6.08 Å². The molecule has 1 N–H and O–H groups in total. The molecule has 0 aliphatic carbocycles. The summed E-state index contributed by atoms with van der Waals surface area (Å²) in [6.07, 6.45) is 2.50. The van der Waals surface area contributed by atoms with Gasteiger partial charge in [0.2, 0.25) is 5.91 Å². The van der Waals surface area contributed by atoms with E-state index in [0.29, 0.717) is 16.3 Å². The number of carboxylic acid groups (broad SMARTS) is 1. The second kappa shape index (κ2) is 6.96. The van der Waals surface area contributed by atoms with Gasteiger partial charge in [-0.3, -0.25) is 4.79 Å². The van der Waals surface area contributed by atoms with Gasteiger partial charge in [0.05, 0.1) is 17.3 Å². The van der Waals surface area contributed by atoms with E-state index in [4.69, 9.17) is 16.7 Å². The molecule has 1 aromatic carbocycles. The van der Waals surface area contributed by atoms with Crippen LogP contribution in [0.2, 0.25) is 5.02 Å². The van der Waals surface area contributed by atoms with E-state index in [0.717, 1.165) is 6.08 Å². The second-order valence-electron chi connectivity index (χ2n) is 4.49. The van der Waals surface area contributed by atoms with E-state index >= 15 is 0 Å². The van der Waals surface area contributed by atoms with Crippen LogP contribution >= 0.6 is 11.6 Å². The monoisotopic (exact) mass is 296 g/mol. The molecule has 6 heteroatoms. The van der Waals surface area contributed by atoms with Crippen molar-refractivity contribution in [1.29, 1.82) is 0 Å². The van der Waals surface area contributed by atoms with Crippen molar-refractivity contribution in [2.75, 3.05) is 32.6 Å². The molecular weight excluding hydrogens is 280 g/mol. The van der Waals surface area contributed by atoms with E-state index in [9.17, 15) is 9.59 Å². The van der Waals surface area contributed by atoms with E-state index in [1.165, 1.54) is 11.0 Å². The lowest BCUT2D eigenvalue weighted by atomic mass is 10.1. The first-order chi connectivity index (χ1) is 9.32. The normalized spacial score (nSPS) is 10.6. The first-order valence-electron chi connectivity index (χ1n) is 5.93. The number of amides is 1. The Morgan fingerprint density at radius 2 is 1.95 bits per heavy atom. The molecule has 0 aliphatic rings. The lowest BCUT2D eigenvalue weighted by Crippen LogP contribution is -2.34. The maximum absolute atomic E-state index is 11.7. The van der Waals surface area contributed by atoms with Gasteiger partial charge in [0, 0.05) is 27.2 Å². The Labute approximate surface area is 123 Å². The Hall–Kier alpha value is -2.01. The number of para-hydroxylation sites is 1. The fraction of sp³-hybridized carbons (Fsp3) is 0.286. The number of nitrogens with zero attached hydrogens (tertiary/aromatic N) is 2. The Balaban J connectivity index is 3.09. The van der Waals surface area contributed by atoms with E-state index in [1.54, 1.807) is 44.2 Å². The van der Waals surface area contributed by atoms with E-state index < -0.39 is 5.97 Å². The van der Waals surface area contributed by atoms with Gasteiger partial charge in [-0.25, -0.2) is 4.79 Å². The highest BCUT2D eigenvalue weighted by Gasteiger charge is 2.14. The van der Waals surface area contributed by atoms with Crippen LogP contribution in [0, 0.1) is 0 Å². The van der Waals surface area contributed by atoms with Crippen LogP contribution in [0.15, 0.2) is 24.3 Å². The highest BCUT2D eigenvalue weighted by molar-refractivity contribution is 6.33. The maximum atomic E-state index is 11.7. The Bertz CT molecular complexity index is 541. The maximum Gasteiger partial charge on any atom is 0.328 e. The minimum absolute atomic E-state index is 0.0689. The molecule has 108 valence electrons. The quantitative estimate of drug-likeness (QED) is 0.844. The van der Waals surface area contributed by atoms with E-state index in [-0.39, 0.29) is 12.5 Å². The summed E-state index contributed by atoms with van der Waals surface area (Å²) in [5.74, 6) is -1.11. The minimum atomic E-state index is -1.04. The molecule has 0 fully saturated rings. The van der Waals surface area contributed by atoms with Crippen LogP contribution in [0.3, 0.4) is 0 Å². The van der Waals surface area contributed by atoms with Crippen molar-refractivity contribution in [3.05, 3.63) is 34.9 Å². The summed E-state index contributed by atoms with van der Waals surface area (Å²) < 4.78 is 0. The number of rotatable bonds is 5. The molecule has 0 atom stereocenters. The molecule has 0 radical (unpaired) electrons. The predicted molar refractivity (Wildman–Crippen MR) is 80.1 cm³/mol. The zero-order valence-corrected chi connectivity index (χ0v) is 12.4. The lowest BCUT2D eigenvalue weighted by molar-refractivity contribution is -0.131. The van der Waals surface area contributed by atoms with Crippen LogP contribution in [0.4, 0.5) is 5.69 Å². The third-order valence-corrected chi connectivity index (χ3v) is 2.98. The highest BCUT2D eigenvalue weighted by atomic mass is 35.5. The average molecular weight is 297 g/mol. The number of benzene rings is 1. The van der Waals surface area contributed by atoms with Gasteiger partial charge in [0.15, 0.2) is 0 Å². The summed E-state index contributed by atoms with van der Waals surface area (Å²) in [6, 6.07) is 5.18. The summed E-state index contributed by atoms with van der Waals surface area (Å²) in [6.45, 7) is 0.157. The van der Waals surface area contributed by atoms with Gasteiger partial charge in [0.1, 0.15) is 0 Å². The van der Waals surface area contributed by atoms with Crippen molar-refractivity contribution in [1.82, 2.24) is 4.90 Å². The highest BCUT2D eigenvalue weighted by Crippen LogP contribution is 2.30. The number of carbonyl (C=O) groups excluding carboxylic acids is 1. The molecule has 0 saturated heterocycles. The van der Waals surface area contributed by atoms with Crippen molar-refractivity contribution >= 4 is 35.2 Å². The molecule has 0 aromatic heterocycles. The molecule has 0 heterocycles. The van der Waals surface area contributed by atoms with Gasteiger partial charge in [-0.15, -0.1) is 0 Å². The summed E-state index contributed by atoms with van der Waals surface area (Å²) in [5, 5.41) is 9.16. The Kier molecular flexibility index (Phi) is 5.58. The van der Waals surface area contributed by atoms with Crippen molar-refractivity contribution in [2.45, 2.75) is 0 Å². The van der Waals surface area contributed by atoms with Crippen LogP contribution in [-0.4, -0.2) is 49.6 Å². The van der Waals surface area contributed by atoms with Crippen molar-refractivity contribution in [3.8, 4) is 0 Å². The average Bonchev–Trinajstić information content (AvgIpc) is 2.35. The number of anilines is 1. The van der Waals surface area contributed by atoms with Crippen LogP contribution in [0.5, 0.6) is 0 Å². The number of aliphatic carboxylic acids is 1. The number of hydrogen-bond acceptors (Lipinski definition) is 3. The van der Waals surface area contributed by atoms with Gasteiger partial charge in [0.25, 0.3) is 0 Å². The molecular formula is C14H17ClN2O3. The molecule has 0 aliphatic heterocycles. The van der Waals surface area contributed by atoms with Gasteiger partial charge >= 0.3 is 5.97 Å². The molecule has 1 rings (SSSR count). The third-order valence-electron chi connectivity index (χ3n) is 2.68. The number of hydrogen-bond donors (Lipinski definition) is 1. The Morgan fingerprint density at radius 1 is 1.30 bits per heavy atom. The zero-order chi connectivity index (χ0) is 15.3. The molecule has 20 heavy (non-hydrogen) atoms. The number of carbonyl (C=O) groups is 2. The number of halogens is 1. The van der Waals surface area contributed by atoms with E-state index in [1.807, 2.05) is 0 Å². The van der Waals surface area contributed by atoms with Gasteiger partial charge in [-0.1, -0.05) is 23.7 Å². The zero-order valence-electron chi connectivity index (χ0n) is 11.6. The second-order valence-corrected chi connectivity index (χ2v) is 4.90. The van der Waals surface area contributed by atoms with Crippen LogP contribution in [0.1, 0.15) is 5.56 Å². The van der Waals surface area contributed by atoms with Crippen molar-refractivity contribution < 1.29 is 14.7 Å². The van der Waals surface area contributed by atoms with Gasteiger partial charge < -0.3 is 14.9 Å². The summed E-state index contributed by atoms with van der Waals surface area (Å²) >= 11 is 6.15. The van der Waals surface area contributed by atoms with Crippen LogP contribution < -0.4 is 4.90 Å². The third kappa shape index (κ3) is 4.28. The standard InChI is InChI=1S/C14H17ClN2O3/c1-16(2)12(18)9-17(3)14-10(7-8-13(19)20)5-4-6-11(14)15/h4-8H,9H2,1-3H3,(H,19,20)/b8-7+. The SMILES string of the molecule is CN(C)C(=O)CN(C)c1c(Cl)cccc1/C=C/C(=O)O. The molecule has 0 saturated carbocycles. The van der Waals surface area contributed by atoms with Crippen molar-refractivity contribution in [3.63, 3.8) is 0 Å². The molecule has 1 amide bonds. The van der Waals surface area contributed by atoms with Crippen LogP contribution in [-0.2, 0) is 9.59 Å². The fourth-order valence-corrected chi connectivity index (χ4v) is 1.98. The summed E-state index contributed by atoms with van der Waals surface area (Å²) in [4.78, 5) is 25.5. The fourth-order valence-electron chi connectivity index (χ4n) is 1.65. The largest absolute Gasteiger partial charge is 0.478 e. The first-order valence-corrected chi connectivity index (χ1v) is 6.31. The molecule has 0 unspecified atom stereocenters. The number of carboxylic acids is 1. The smallest absolute Gasteiger partial charge is 0.328 e. The van der Waals surface area contributed by atoms with Gasteiger partial charge in [-0.2, -0.15) is 0 Å². The molecule has 0 spiro atoms.